The highest BCUT2D eigenvalue weighted by Gasteiger charge is 2.02. The van der Waals surface area contributed by atoms with E-state index in [0.717, 1.165) is 21.9 Å². The molecule has 0 aliphatic carbocycles. The summed E-state index contributed by atoms with van der Waals surface area (Å²) in [6, 6.07) is 23.6. The standard InChI is InChI=1S/C19H13NO/c21-20-19(13-10-15-6-2-1-3-7-15)18-12-11-16-8-4-5-9-17(16)14-18/h1-9,11-12,14,21H. The molecule has 0 heterocycles. The highest BCUT2D eigenvalue weighted by atomic mass is 16.4. The van der Waals surface area contributed by atoms with Gasteiger partial charge in [0.1, 0.15) is 0 Å². The van der Waals surface area contributed by atoms with E-state index in [1.807, 2.05) is 72.8 Å². The molecule has 0 atom stereocenters. The van der Waals surface area contributed by atoms with E-state index in [0.29, 0.717) is 5.71 Å². The van der Waals surface area contributed by atoms with Crippen LogP contribution in [0.15, 0.2) is 78.0 Å². The van der Waals surface area contributed by atoms with Crippen LogP contribution in [0.4, 0.5) is 0 Å². The van der Waals surface area contributed by atoms with Crippen molar-refractivity contribution in [3.8, 4) is 11.8 Å². The zero-order chi connectivity index (χ0) is 14.5. The Hall–Kier alpha value is -3.05. The van der Waals surface area contributed by atoms with Gasteiger partial charge in [0.25, 0.3) is 0 Å². The minimum absolute atomic E-state index is 0.365. The average molecular weight is 271 g/mol. The van der Waals surface area contributed by atoms with Gasteiger partial charge in [0, 0.05) is 11.1 Å². The normalized spacial score (nSPS) is 11.0. The van der Waals surface area contributed by atoms with E-state index >= 15 is 0 Å². The zero-order valence-electron chi connectivity index (χ0n) is 11.3. The van der Waals surface area contributed by atoms with E-state index in [2.05, 4.69) is 17.0 Å². The number of hydrogen-bond donors (Lipinski definition) is 1. The molecule has 2 heteroatoms. The summed E-state index contributed by atoms with van der Waals surface area (Å²) in [5.74, 6) is 5.92. The van der Waals surface area contributed by atoms with Crippen LogP contribution in [0.1, 0.15) is 11.1 Å². The van der Waals surface area contributed by atoms with Crippen LogP contribution in [-0.2, 0) is 0 Å². The molecule has 0 aromatic heterocycles. The number of fused-ring (bicyclic) bond motifs is 1. The molecule has 0 spiro atoms. The number of hydrogen-bond acceptors (Lipinski definition) is 2. The van der Waals surface area contributed by atoms with Gasteiger partial charge in [-0.05, 0) is 34.9 Å². The molecule has 0 bridgehead atoms. The monoisotopic (exact) mass is 271 g/mol. The first kappa shape index (κ1) is 13.0. The van der Waals surface area contributed by atoms with Crippen molar-refractivity contribution < 1.29 is 5.21 Å². The molecule has 0 unspecified atom stereocenters. The Morgan fingerprint density at radius 1 is 0.810 bits per heavy atom. The number of benzene rings is 3. The van der Waals surface area contributed by atoms with Gasteiger partial charge in [-0.1, -0.05) is 65.7 Å². The molecule has 21 heavy (non-hydrogen) atoms. The van der Waals surface area contributed by atoms with Gasteiger partial charge in [-0.3, -0.25) is 0 Å². The van der Waals surface area contributed by atoms with Crippen LogP contribution in [0.2, 0.25) is 0 Å². The molecule has 3 rings (SSSR count). The van der Waals surface area contributed by atoms with Crippen LogP contribution in [0, 0.1) is 11.8 Å². The zero-order valence-corrected chi connectivity index (χ0v) is 11.3. The first-order chi connectivity index (χ1) is 10.4. The molecule has 0 aliphatic rings. The highest BCUT2D eigenvalue weighted by molar-refractivity contribution is 6.14. The van der Waals surface area contributed by atoms with Gasteiger partial charge in [-0.2, -0.15) is 0 Å². The molecule has 100 valence electrons. The molecule has 0 aliphatic heterocycles. The predicted molar refractivity (Wildman–Crippen MR) is 85.6 cm³/mol. The molecule has 1 N–H and O–H groups in total. The van der Waals surface area contributed by atoms with Crippen molar-refractivity contribution >= 4 is 16.5 Å². The fourth-order valence-electron chi connectivity index (χ4n) is 2.14. The lowest BCUT2D eigenvalue weighted by Gasteiger charge is -2.01. The summed E-state index contributed by atoms with van der Waals surface area (Å²) in [6.45, 7) is 0. The minimum Gasteiger partial charge on any atom is -0.410 e. The molecule has 0 amide bonds. The van der Waals surface area contributed by atoms with Crippen molar-refractivity contribution in [3.63, 3.8) is 0 Å². The predicted octanol–water partition coefficient (Wildman–Crippen LogP) is 4.07. The fraction of sp³-hybridized carbons (Fsp3) is 0. The molecular formula is C19H13NO. The van der Waals surface area contributed by atoms with Crippen LogP contribution in [-0.4, -0.2) is 10.9 Å². The van der Waals surface area contributed by atoms with E-state index in [4.69, 9.17) is 0 Å². The average Bonchev–Trinajstić information content (AvgIpc) is 2.56. The molecule has 0 radical (unpaired) electrons. The van der Waals surface area contributed by atoms with E-state index < -0.39 is 0 Å². The maximum Gasteiger partial charge on any atom is 0.159 e. The van der Waals surface area contributed by atoms with E-state index in [-0.39, 0.29) is 0 Å². The maximum absolute atomic E-state index is 9.22. The third-order valence-electron chi connectivity index (χ3n) is 3.22. The summed E-state index contributed by atoms with van der Waals surface area (Å²) in [5, 5.41) is 14.8. The summed E-state index contributed by atoms with van der Waals surface area (Å²) in [7, 11) is 0. The van der Waals surface area contributed by atoms with Gasteiger partial charge in [0.05, 0.1) is 0 Å². The van der Waals surface area contributed by atoms with Gasteiger partial charge in [0.15, 0.2) is 5.71 Å². The minimum atomic E-state index is 0.365. The third kappa shape index (κ3) is 2.93. The second-order valence-electron chi connectivity index (χ2n) is 4.63. The van der Waals surface area contributed by atoms with Crippen molar-refractivity contribution in [1.29, 1.82) is 0 Å². The molecule has 2 nitrogen and oxygen atoms in total. The smallest absolute Gasteiger partial charge is 0.159 e. The van der Waals surface area contributed by atoms with Crippen LogP contribution in [0.25, 0.3) is 10.8 Å². The lowest BCUT2D eigenvalue weighted by atomic mass is 10.0. The fourth-order valence-corrected chi connectivity index (χ4v) is 2.14. The Bertz CT molecular complexity index is 855. The third-order valence-corrected chi connectivity index (χ3v) is 3.22. The summed E-state index contributed by atoms with van der Waals surface area (Å²) in [6.07, 6.45) is 0. The van der Waals surface area contributed by atoms with Gasteiger partial charge < -0.3 is 5.21 Å². The Kier molecular flexibility index (Phi) is 3.66. The molecule has 0 saturated heterocycles. The summed E-state index contributed by atoms with van der Waals surface area (Å²) >= 11 is 0. The van der Waals surface area contributed by atoms with Crippen molar-refractivity contribution in [2.75, 3.05) is 0 Å². The van der Waals surface area contributed by atoms with Crippen LogP contribution >= 0.6 is 0 Å². The van der Waals surface area contributed by atoms with Crippen molar-refractivity contribution in [1.82, 2.24) is 0 Å². The Morgan fingerprint density at radius 2 is 1.52 bits per heavy atom. The molecule has 3 aromatic rings. The molecule has 3 aromatic carbocycles. The van der Waals surface area contributed by atoms with E-state index in [1.54, 1.807) is 0 Å². The number of rotatable bonds is 1. The van der Waals surface area contributed by atoms with Crippen molar-refractivity contribution in [3.05, 3.63) is 83.9 Å². The summed E-state index contributed by atoms with van der Waals surface area (Å²) < 4.78 is 0. The van der Waals surface area contributed by atoms with Crippen LogP contribution in [0.3, 0.4) is 0 Å². The highest BCUT2D eigenvalue weighted by Crippen LogP contribution is 2.16. The van der Waals surface area contributed by atoms with E-state index in [9.17, 15) is 5.21 Å². The van der Waals surface area contributed by atoms with Crippen molar-refractivity contribution in [2.45, 2.75) is 0 Å². The topological polar surface area (TPSA) is 32.6 Å². The Labute approximate surface area is 123 Å². The number of nitrogens with zero attached hydrogens (tertiary/aromatic N) is 1. The molecule has 0 saturated carbocycles. The Balaban J connectivity index is 1.98. The summed E-state index contributed by atoms with van der Waals surface area (Å²) in [5.41, 5.74) is 2.06. The van der Waals surface area contributed by atoms with E-state index in [1.165, 1.54) is 0 Å². The first-order valence-electron chi connectivity index (χ1n) is 6.65. The molecular weight excluding hydrogens is 258 g/mol. The van der Waals surface area contributed by atoms with Gasteiger partial charge in [-0.15, -0.1) is 0 Å². The van der Waals surface area contributed by atoms with Gasteiger partial charge in [0.2, 0.25) is 0 Å². The number of oxime groups is 1. The van der Waals surface area contributed by atoms with Gasteiger partial charge in [-0.25, -0.2) is 0 Å². The quantitative estimate of drug-likeness (QED) is 0.308. The second kappa shape index (κ2) is 5.94. The van der Waals surface area contributed by atoms with Crippen LogP contribution in [0.5, 0.6) is 0 Å². The SMILES string of the molecule is ON=C(C#Cc1ccccc1)c1ccc2ccccc2c1. The lowest BCUT2D eigenvalue weighted by molar-refractivity contribution is 0.320. The largest absolute Gasteiger partial charge is 0.410 e. The maximum atomic E-state index is 9.22. The summed E-state index contributed by atoms with van der Waals surface area (Å²) in [4.78, 5) is 0. The van der Waals surface area contributed by atoms with Gasteiger partial charge >= 0.3 is 0 Å². The van der Waals surface area contributed by atoms with Crippen LogP contribution < -0.4 is 0 Å². The lowest BCUT2D eigenvalue weighted by Crippen LogP contribution is -1.97. The first-order valence-corrected chi connectivity index (χ1v) is 6.65. The molecule has 0 fully saturated rings. The second-order valence-corrected chi connectivity index (χ2v) is 4.63. The van der Waals surface area contributed by atoms with Crippen molar-refractivity contribution in [2.24, 2.45) is 5.16 Å². The Morgan fingerprint density at radius 3 is 2.29 bits per heavy atom.